The molecular weight excluding hydrogens is 295 g/mol. The summed E-state index contributed by atoms with van der Waals surface area (Å²) in [5.74, 6) is -0.872. The average Bonchev–Trinajstić information content (AvgIpc) is 2.52. The number of carboxylic acids is 1. The highest BCUT2D eigenvalue weighted by molar-refractivity contribution is 5.76. The van der Waals surface area contributed by atoms with E-state index in [9.17, 15) is 14.3 Å². The summed E-state index contributed by atoms with van der Waals surface area (Å²) in [7, 11) is 0. The van der Waals surface area contributed by atoms with Crippen molar-refractivity contribution in [2.45, 2.75) is 32.1 Å². The summed E-state index contributed by atoms with van der Waals surface area (Å²) in [5.41, 5.74) is 1.76. The third-order valence-electron chi connectivity index (χ3n) is 3.77. The molecule has 0 heterocycles. The molecule has 0 spiro atoms. The molecule has 2 rings (SSSR count). The van der Waals surface area contributed by atoms with Crippen molar-refractivity contribution in [3.8, 4) is 5.75 Å². The van der Waals surface area contributed by atoms with Gasteiger partial charge in [0.05, 0.1) is 12.5 Å². The van der Waals surface area contributed by atoms with Gasteiger partial charge >= 0.3 is 5.97 Å². The van der Waals surface area contributed by atoms with Gasteiger partial charge in [-0.1, -0.05) is 38.1 Å². The Morgan fingerprint density at radius 1 is 1.13 bits per heavy atom. The lowest BCUT2D eigenvalue weighted by Crippen LogP contribution is -2.15. The van der Waals surface area contributed by atoms with Crippen LogP contribution in [0.25, 0.3) is 0 Å². The van der Waals surface area contributed by atoms with Gasteiger partial charge in [0.2, 0.25) is 0 Å². The molecule has 0 aliphatic carbocycles. The fourth-order valence-corrected chi connectivity index (χ4v) is 2.39. The van der Waals surface area contributed by atoms with E-state index in [0.29, 0.717) is 17.9 Å². The SMILES string of the molecule is CC(C)c1cccc(OCCC(C(=O)O)c2ccc(F)cc2)c1. The van der Waals surface area contributed by atoms with E-state index in [2.05, 4.69) is 13.8 Å². The van der Waals surface area contributed by atoms with Crippen molar-refractivity contribution < 1.29 is 19.0 Å². The second-order valence-corrected chi connectivity index (χ2v) is 5.81. The van der Waals surface area contributed by atoms with Crippen molar-refractivity contribution in [3.63, 3.8) is 0 Å². The predicted octanol–water partition coefficient (Wildman–Crippen LogP) is 4.59. The molecule has 0 saturated carbocycles. The van der Waals surface area contributed by atoms with Gasteiger partial charge in [0.15, 0.2) is 0 Å². The zero-order valence-electron chi connectivity index (χ0n) is 13.3. The molecule has 122 valence electrons. The topological polar surface area (TPSA) is 46.5 Å². The predicted molar refractivity (Wildman–Crippen MR) is 87.4 cm³/mol. The molecule has 0 aliphatic heterocycles. The second kappa shape index (κ2) is 7.77. The Bertz CT molecular complexity index is 650. The Hall–Kier alpha value is -2.36. The lowest BCUT2D eigenvalue weighted by atomic mass is 9.96. The largest absolute Gasteiger partial charge is 0.494 e. The number of rotatable bonds is 7. The molecule has 0 fully saturated rings. The summed E-state index contributed by atoms with van der Waals surface area (Å²) >= 11 is 0. The quantitative estimate of drug-likeness (QED) is 0.813. The van der Waals surface area contributed by atoms with Gasteiger partial charge in [0, 0.05) is 0 Å². The number of hydrogen-bond donors (Lipinski definition) is 1. The molecule has 3 nitrogen and oxygen atoms in total. The molecule has 0 aromatic heterocycles. The Balaban J connectivity index is 1.98. The number of ether oxygens (including phenoxy) is 1. The molecule has 1 unspecified atom stereocenters. The van der Waals surface area contributed by atoms with Crippen LogP contribution in [0.3, 0.4) is 0 Å². The van der Waals surface area contributed by atoms with Crippen molar-refractivity contribution >= 4 is 5.97 Å². The number of carbonyl (C=O) groups is 1. The highest BCUT2D eigenvalue weighted by atomic mass is 19.1. The smallest absolute Gasteiger partial charge is 0.311 e. The molecule has 2 aromatic rings. The zero-order chi connectivity index (χ0) is 16.8. The Morgan fingerprint density at radius 2 is 1.83 bits per heavy atom. The minimum Gasteiger partial charge on any atom is -0.494 e. The maximum absolute atomic E-state index is 13.0. The molecule has 0 radical (unpaired) electrons. The van der Waals surface area contributed by atoms with E-state index in [1.165, 1.54) is 29.8 Å². The Labute approximate surface area is 135 Å². The maximum atomic E-state index is 13.0. The number of hydrogen-bond acceptors (Lipinski definition) is 2. The molecule has 4 heteroatoms. The maximum Gasteiger partial charge on any atom is 0.311 e. The van der Waals surface area contributed by atoms with E-state index >= 15 is 0 Å². The first kappa shape index (κ1) is 17.0. The first-order valence-electron chi connectivity index (χ1n) is 7.68. The number of aliphatic carboxylic acids is 1. The molecule has 0 saturated heterocycles. The lowest BCUT2D eigenvalue weighted by molar-refractivity contribution is -0.139. The van der Waals surface area contributed by atoms with E-state index in [1.54, 1.807) is 0 Å². The third-order valence-corrected chi connectivity index (χ3v) is 3.77. The molecular formula is C19H21FO3. The van der Waals surface area contributed by atoms with Crippen molar-refractivity contribution in [1.82, 2.24) is 0 Å². The van der Waals surface area contributed by atoms with Crippen LogP contribution in [-0.4, -0.2) is 17.7 Å². The highest BCUT2D eigenvalue weighted by Gasteiger charge is 2.19. The van der Waals surface area contributed by atoms with Gasteiger partial charge in [-0.05, 0) is 47.7 Å². The van der Waals surface area contributed by atoms with Gasteiger partial charge in [0.1, 0.15) is 11.6 Å². The zero-order valence-corrected chi connectivity index (χ0v) is 13.3. The third kappa shape index (κ3) is 4.81. The summed E-state index contributed by atoms with van der Waals surface area (Å²) in [5, 5.41) is 9.36. The fourth-order valence-electron chi connectivity index (χ4n) is 2.39. The van der Waals surface area contributed by atoms with Crippen LogP contribution >= 0.6 is 0 Å². The molecule has 0 amide bonds. The van der Waals surface area contributed by atoms with Crippen LogP contribution < -0.4 is 4.74 Å². The summed E-state index contributed by atoms with van der Waals surface area (Å²) in [6.07, 6.45) is 0.326. The van der Waals surface area contributed by atoms with E-state index in [-0.39, 0.29) is 12.4 Å². The Kier molecular flexibility index (Phi) is 5.74. The normalized spacial score (nSPS) is 12.2. The van der Waals surface area contributed by atoms with E-state index in [1.807, 2.05) is 24.3 Å². The van der Waals surface area contributed by atoms with Crippen molar-refractivity contribution in [3.05, 3.63) is 65.5 Å². The van der Waals surface area contributed by atoms with Gasteiger partial charge < -0.3 is 9.84 Å². The second-order valence-electron chi connectivity index (χ2n) is 5.81. The molecule has 2 aromatic carbocycles. The van der Waals surface area contributed by atoms with Crippen LogP contribution in [0.1, 0.15) is 43.2 Å². The van der Waals surface area contributed by atoms with Crippen molar-refractivity contribution in [2.75, 3.05) is 6.61 Å². The van der Waals surface area contributed by atoms with Crippen LogP contribution in [0.5, 0.6) is 5.75 Å². The first-order chi connectivity index (χ1) is 11.0. The van der Waals surface area contributed by atoms with Crippen molar-refractivity contribution in [2.24, 2.45) is 0 Å². The molecule has 1 N–H and O–H groups in total. The number of halogens is 1. The highest BCUT2D eigenvalue weighted by Crippen LogP contribution is 2.23. The average molecular weight is 316 g/mol. The van der Waals surface area contributed by atoms with Crippen LogP contribution in [0.15, 0.2) is 48.5 Å². The summed E-state index contributed by atoms with van der Waals surface area (Å²) in [4.78, 5) is 11.4. The van der Waals surface area contributed by atoms with Gasteiger partial charge in [-0.3, -0.25) is 4.79 Å². The van der Waals surface area contributed by atoms with Crippen LogP contribution in [0.4, 0.5) is 4.39 Å². The summed E-state index contributed by atoms with van der Waals surface area (Å²) < 4.78 is 18.6. The monoisotopic (exact) mass is 316 g/mol. The molecule has 0 bridgehead atoms. The van der Waals surface area contributed by atoms with Crippen LogP contribution in [0, 0.1) is 5.82 Å². The van der Waals surface area contributed by atoms with Gasteiger partial charge in [-0.25, -0.2) is 4.39 Å². The van der Waals surface area contributed by atoms with E-state index < -0.39 is 11.9 Å². The first-order valence-corrected chi connectivity index (χ1v) is 7.68. The van der Waals surface area contributed by atoms with Gasteiger partial charge in [0.25, 0.3) is 0 Å². The van der Waals surface area contributed by atoms with Crippen LogP contribution in [0.2, 0.25) is 0 Å². The fraction of sp³-hybridized carbons (Fsp3) is 0.316. The lowest BCUT2D eigenvalue weighted by Gasteiger charge is -2.14. The summed E-state index contributed by atoms with van der Waals surface area (Å²) in [6, 6.07) is 13.4. The van der Waals surface area contributed by atoms with Crippen molar-refractivity contribution in [1.29, 1.82) is 0 Å². The standard InChI is InChI=1S/C19H21FO3/c1-13(2)15-4-3-5-17(12-15)23-11-10-18(19(21)22)14-6-8-16(20)9-7-14/h3-9,12-13,18H,10-11H2,1-2H3,(H,21,22). The van der Waals surface area contributed by atoms with E-state index in [4.69, 9.17) is 4.74 Å². The minimum atomic E-state index is -0.934. The van der Waals surface area contributed by atoms with E-state index in [0.717, 1.165) is 5.75 Å². The Morgan fingerprint density at radius 3 is 2.43 bits per heavy atom. The van der Waals surface area contributed by atoms with Gasteiger partial charge in [-0.2, -0.15) is 0 Å². The molecule has 1 atom stereocenters. The molecule has 0 aliphatic rings. The number of benzene rings is 2. The van der Waals surface area contributed by atoms with Gasteiger partial charge in [-0.15, -0.1) is 0 Å². The van der Waals surface area contributed by atoms with Crippen LogP contribution in [-0.2, 0) is 4.79 Å². The summed E-state index contributed by atoms with van der Waals surface area (Å²) in [6.45, 7) is 4.50. The minimum absolute atomic E-state index is 0.288. The molecule has 23 heavy (non-hydrogen) atoms. The number of carboxylic acid groups (broad SMARTS) is 1.